The smallest absolute Gasteiger partial charge is 0.0928 e. The Labute approximate surface area is 102 Å². The van der Waals surface area contributed by atoms with E-state index in [0.717, 1.165) is 18.7 Å². The van der Waals surface area contributed by atoms with Gasteiger partial charge in [0.2, 0.25) is 0 Å². The Bertz CT molecular complexity index is 500. The third-order valence-corrected chi connectivity index (χ3v) is 2.99. The normalized spacial score (nSPS) is 10.8. The fourth-order valence-electron chi connectivity index (χ4n) is 2.05. The van der Waals surface area contributed by atoms with Gasteiger partial charge < -0.3 is 5.73 Å². The van der Waals surface area contributed by atoms with E-state index < -0.39 is 0 Å². The van der Waals surface area contributed by atoms with E-state index >= 15 is 0 Å². The zero-order chi connectivity index (χ0) is 12.3. The Morgan fingerprint density at radius 1 is 1.29 bits per heavy atom. The summed E-state index contributed by atoms with van der Waals surface area (Å²) in [5.74, 6) is 0. The summed E-state index contributed by atoms with van der Waals surface area (Å²) in [5, 5.41) is 4.64. The van der Waals surface area contributed by atoms with E-state index in [9.17, 15) is 0 Å². The van der Waals surface area contributed by atoms with Crippen molar-refractivity contribution in [2.24, 2.45) is 5.73 Å². The van der Waals surface area contributed by atoms with Gasteiger partial charge in [0.1, 0.15) is 0 Å². The van der Waals surface area contributed by atoms with Crippen molar-refractivity contribution < 1.29 is 0 Å². The lowest BCUT2D eigenvalue weighted by Crippen LogP contribution is -2.13. The van der Waals surface area contributed by atoms with E-state index in [4.69, 9.17) is 5.73 Å². The van der Waals surface area contributed by atoms with Crippen LogP contribution in [0.2, 0.25) is 0 Å². The predicted molar refractivity (Wildman–Crippen MR) is 70.8 cm³/mol. The van der Waals surface area contributed by atoms with Crippen LogP contribution in [0.15, 0.2) is 30.3 Å². The van der Waals surface area contributed by atoms with Crippen molar-refractivity contribution in [3.63, 3.8) is 0 Å². The molecule has 1 aromatic carbocycles. The first-order valence-corrected chi connectivity index (χ1v) is 6.09. The van der Waals surface area contributed by atoms with Gasteiger partial charge in [0.15, 0.2) is 0 Å². The van der Waals surface area contributed by atoms with Crippen LogP contribution in [0.5, 0.6) is 0 Å². The second-order valence-corrected chi connectivity index (χ2v) is 4.20. The highest BCUT2D eigenvalue weighted by atomic mass is 15.3. The highest BCUT2D eigenvalue weighted by molar-refractivity contribution is 5.63. The molecule has 2 rings (SSSR count). The lowest BCUT2D eigenvalue weighted by molar-refractivity contribution is 0.598. The molecule has 90 valence electrons. The summed E-state index contributed by atoms with van der Waals surface area (Å²) in [6.07, 6.45) is 0.985. The van der Waals surface area contributed by atoms with Crippen molar-refractivity contribution in [2.45, 2.75) is 26.8 Å². The minimum absolute atomic E-state index is 0.627. The van der Waals surface area contributed by atoms with Gasteiger partial charge in [-0.25, -0.2) is 0 Å². The van der Waals surface area contributed by atoms with E-state index in [-0.39, 0.29) is 0 Å². The van der Waals surface area contributed by atoms with E-state index in [1.807, 2.05) is 4.68 Å². The van der Waals surface area contributed by atoms with Gasteiger partial charge in [0, 0.05) is 17.8 Å². The third-order valence-electron chi connectivity index (χ3n) is 2.99. The number of nitrogens with two attached hydrogens (primary N) is 1. The van der Waals surface area contributed by atoms with Crippen molar-refractivity contribution in [2.75, 3.05) is 6.54 Å². The van der Waals surface area contributed by atoms with Crippen LogP contribution in [0.4, 0.5) is 0 Å². The molecule has 0 spiro atoms. The first kappa shape index (κ1) is 11.9. The van der Waals surface area contributed by atoms with Gasteiger partial charge in [-0.3, -0.25) is 4.68 Å². The van der Waals surface area contributed by atoms with Crippen LogP contribution in [-0.2, 0) is 13.0 Å². The standard InChI is InChI=1S/C14H19N3/c1-3-12-10-14(16-17(12)9-8-15)13-7-5-4-6-11(13)2/h4-7,10H,3,8-9,15H2,1-2H3. The zero-order valence-electron chi connectivity index (χ0n) is 10.5. The molecule has 0 aliphatic carbocycles. The average Bonchev–Trinajstić information content (AvgIpc) is 2.73. The van der Waals surface area contributed by atoms with Crippen molar-refractivity contribution in [3.8, 4) is 11.3 Å². The largest absolute Gasteiger partial charge is 0.329 e. The molecule has 0 bridgehead atoms. The van der Waals surface area contributed by atoms with Crippen molar-refractivity contribution >= 4 is 0 Å². The number of nitrogens with zero attached hydrogens (tertiary/aromatic N) is 2. The van der Waals surface area contributed by atoms with Crippen LogP contribution in [0, 0.1) is 6.92 Å². The summed E-state index contributed by atoms with van der Waals surface area (Å²) in [7, 11) is 0. The molecule has 3 heteroatoms. The average molecular weight is 229 g/mol. The minimum atomic E-state index is 0.627. The molecule has 0 radical (unpaired) electrons. The second kappa shape index (κ2) is 5.15. The van der Waals surface area contributed by atoms with Gasteiger partial charge in [0.05, 0.1) is 12.2 Å². The van der Waals surface area contributed by atoms with E-state index in [2.05, 4.69) is 49.3 Å². The first-order valence-electron chi connectivity index (χ1n) is 6.09. The van der Waals surface area contributed by atoms with Gasteiger partial charge in [-0.2, -0.15) is 5.10 Å². The van der Waals surface area contributed by atoms with Crippen LogP contribution in [0.3, 0.4) is 0 Å². The van der Waals surface area contributed by atoms with Gasteiger partial charge in [-0.15, -0.1) is 0 Å². The lowest BCUT2D eigenvalue weighted by Gasteiger charge is -2.03. The molecule has 0 saturated heterocycles. The van der Waals surface area contributed by atoms with Gasteiger partial charge in [-0.05, 0) is 25.0 Å². The quantitative estimate of drug-likeness (QED) is 0.874. The Morgan fingerprint density at radius 3 is 2.71 bits per heavy atom. The second-order valence-electron chi connectivity index (χ2n) is 4.20. The van der Waals surface area contributed by atoms with Gasteiger partial charge >= 0.3 is 0 Å². The monoisotopic (exact) mass is 229 g/mol. The van der Waals surface area contributed by atoms with E-state index in [0.29, 0.717) is 6.54 Å². The molecular formula is C14H19N3. The molecule has 3 nitrogen and oxygen atoms in total. The minimum Gasteiger partial charge on any atom is -0.329 e. The number of aromatic nitrogens is 2. The van der Waals surface area contributed by atoms with Gasteiger partial charge in [-0.1, -0.05) is 31.2 Å². The van der Waals surface area contributed by atoms with E-state index in [1.54, 1.807) is 0 Å². The highest BCUT2D eigenvalue weighted by Gasteiger charge is 2.09. The molecular weight excluding hydrogens is 210 g/mol. The summed E-state index contributed by atoms with van der Waals surface area (Å²) in [5.41, 5.74) is 10.4. The topological polar surface area (TPSA) is 43.8 Å². The summed E-state index contributed by atoms with van der Waals surface area (Å²) in [6.45, 7) is 5.67. The number of aryl methyl sites for hydroxylation is 2. The molecule has 0 saturated carbocycles. The van der Waals surface area contributed by atoms with Crippen LogP contribution in [-0.4, -0.2) is 16.3 Å². The summed E-state index contributed by atoms with van der Waals surface area (Å²) >= 11 is 0. The molecule has 1 aromatic heterocycles. The summed E-state index contributed by atoms with van der Waals surface area (Å²) in [4.78, 5) is 0. The zero-order valence-corrected chi connectivity index (χ0v) is 10.5. The van der Waals surface area contributed by atoms with Crippen molar-refractivity contribution in [1.29, 1.82) is 0 Å². The third kappa shape index (κ3) is 2.39. The maximum atomic E-state index is 5.60. The number of benzene rings is 1. The Morgan fingerprint density at radius 2 is 2.06 bits per heavy atom. The SMILES string of the molecule is CCc1cc(-c2ccccc2C)nn1CCN. The maximum absolute atomic E-state index is 5.60. The number of rotatable bonds is 4. The number of hydrogen-bond donors (Lipinski definition) is 1. The fraction of sp³-hybridized carbons (Fsp3) is 0.357. The predicted octanol–water partition coefficient (Wildman–Crippen LogP) is 2.38. The van der Waals surface area contributed by atoms with Crippen LogP contribution in [0.25, 0.3) is 11.3 Å². The molecule has 2 N–H and O–H groups in total. The number of hydrogen-bond acceptors (Lipinski definition) is 2. The molecule has 0 unspecified atom stereocenters. The van der Waals surface area contributed by atoms with Crippen LogP contribution < -0.4 is 5.73 Å². The molecule has 0 fully saturated rings. The lowest BCUT2D eigenvalue weighted by atomic mass is 10.1. The Balaban J connectivity index is 2.43. The van der Waals surface area contributed by atoms with Gasteiger partial charge in [0.25, 0.3) is 0 Å². The van der Waals surface area contributed by atoms with Crippen LogP contribution in [0.1, 0.15) is 18.2 Å². The Kier molecular flexibility index (Phi) is 3.59. The summed E-state index contributed by atoms with van der Waals surface area (Å²) < 4.78 is 2.02. The first-order chi connectivity index (χ1) is 8.26. The summed E-state index contributed by atoms with van der Waals surface area (Å²) in [6, 6.07) is 10.5. The van der Waals surface area contributed by atoms with Crippen molar-refractivity contribution in [3.05, 3.63) is 41.6 Å². The molecule has 0 atom stereocenters. The molecule has 1 heterocycles. The Hall–Kier alpha value is -1.61. The molecule has 0 amide bonds. The molecule has 17 heavy (non-hydrogen) atoms. The molecule has 0 aliphatic rings. The maximum Gasteiger partial charge on any atom is 0.0928 e. The fourth-order valence-corrected chi connectivity index (χ4v) is 2.05. The highest BCUT2D eigenvalue weighted by Crippen LogP contribution is 2.22. The van der Waals surface area contributed by atoms with Crippen molar-refractivity contribution in [1.82, 2.24) is 9.78 Å². The van der Waals surface area contributed by atoms with E-state index in [1.165, 1.54) is 16.8 Å². The van der Waals surface area contributed by atoms with Crippen LogP contribution >= 0.6 is 0 Å². The molecule has 2 aromatic rings. The molecule has 0 aliphatic heterocycles.